The van der Waals surface area contributed by atoms with E-state index < -0.39 is 0 Å². The Labute approximate surface area is 121 Å². The van der Waals surface area contributed by atoms with Gasteiger partial charge in [0.1, 0.15) is 5.75 Å². The summed E-state index contributed by atoms with van der Waals surface area (Å²) in [5, 5.41) is 3.09. The highest BCUT2D eigenvalue weighted by molar-refractivity contribution is 5.79. The smallest absolute Gasteiger partial charge is 0.224 e. The van der Waals surface area contributed by atoms with Crippen LogP contribution in [0.5, 0.6) is 5.75 Å². The first-order chi connectivity index (χ1) is 9.67. The molecule has 2 atom stereocenters. The number of amides is 1. The molecule has 0 bridgehead atoms. The van der Waals surface area contributed by atoms with E-state index in [1.807, 2.05) is 24.3 Å². The van der Waals surface area contributed by atoms with Crippen LogP contribution in [0.25, 0.3) is 0 Å². The van der Waals surface area contributed by atoms with Gasteiger partial charge in [-0.2, -0.15) is 0 Å². The van der Waals surface area contributed by atoms with Crippen LogP contribution in [0, 0.1) is 5.92 Å². The number of hydrogen-bond acceptors (Lipinski definition) is 3. The van der Waals surface area contributed by atoms with Gasteiger partial charge in [0.25, 0.3) is 0 Å². The van der Waals surface area contributed by atoms with Crippen molar-refractivity contribution in [2.45, 2.75) is 39.2 Å². The Morgan fingerprint density at radius 3 is 2.60 bits per heavy atom. The standard InChI is InChI=1S/C16H26N2O2/c1-4-8-12(11-17)16(19)18-14(5-2)13-9-6-7-10-15(13)20-3/h6-7,9-10,12,14H,4-5,8,11,17H2,1-3H3,(H,18,19). The van der Waals surface area contributed by atoms with Gasteiger partial charge in [-0.3, -0.25) is 4.79 Å². The van der Waals surface area contributed by atoms with Gasteiger partial charge in [0.05, 0.1) is 19.1 Å². The fourth-order valence-corrected chi connectivity index (χ4v) is 2.35. The van der Waals surface area contributed by atoms with Gasteiger partial charge < -0.3 is 15.8 Å². The first-order valence-corrected chi connectivity index (χ1v) is 7.31. The van der Waals surface area contributed by atoms with E-state index in [0.29, 0.717) is 6.54 Å². The van der Waals surface area contributed by atoms with Crippen LogP contribution < -0.4 is 15.8 Å². The summed E-state index contributed by atoms with van der Waals surface area (Å²) in [6.07, 6.45) is 2.60. The van der Waals surface area contributed by atoms with Crippen LogP contribution in [-0.4, -0.2) is 19.6 Å². The topological polar surface area (TPSA) is 64.4 Å². The lowest BCUT2D eigenvalue weighted by Gasteiger charge is -2.22. The zero-order valence-corrected chi connectivity index (χ0v) is 12.7. The Bertz CT molecular complexity index is 421. The van der Waals surface area contributed by atoms with Crippen LogP contribution in [0.1, 0.15) is 44.7 Å². The maximum Gasteiger partial charge on any atom is 0.224 e. The molecule has 0 aliphatic carbocycles. The number of nitrogens with one attached hydrogen (secondary N) is 1. The van der Waals surface area contributed by atoms with Crippen molar-refractivity contribution in [2.24, 2.45) is 11.7 Å². The zero-order chi connectivity index (χ0) is 15.0. The van der Waals surface area contributed by atoms with E-state index in [1.165, 1.54) is 0 Å². The minimum Gasteiger partial charge on any atom is -0.496 e. The normalized spacial score (nSPS) is 13.6. The SMILES string of the molecule is CCCC(CN)C(=O)NC(CC)c1ccccc1OC. The number of ether oxygens (including phenoxy) is 1. The first-order valence-electron chi connectivity index (χ1n) is 7.31. The number of methoxy groups -OCH3 is 1. The van der Waals surface area contributed by atoms with E-state index >= 15 is 0 Å². The minimum atomic E-state index is -0.108. The molecule has 0 heterocycles. The van der Waals surface area contributed by atoms with Crippen molar-refractivity contribution >= 4 is 5.91 Å². The van der Waals surface area contributed by atoms with Crippen molar-refractivity contribution in [2.75, 3.05) is 13.7 Å². The van der Waals surface area contributed by atoms with Crippen LogP contribution in [0.4, 0.5) is 0 Å². The molecule has 112 valence electrons. The molecular weight excluding hydrogens is 252 g/mol. The third kappa shape index (κ3) is 4.23. The Hall–Kier alpha value is -1.55. The molecule has 1 rings (SSSR count). The average Bonchev–Trinajstić information content (AvgIpc) is 2.49. The molecule has 4 heteroatoms. The summed E-state index contributed by atoms with van der Waals surface area (Å²) in [5.74, 6) is 0.732. The molecule has 1 amide bonds. The van der Waals surface area contributed by atoms with Crippen molar-refractivity contribution in [1.82, 2.24) is 5.32 Å². The van der Waals surface area contributed by atoms with Gasteiger partial charge in [-0.15, -0.1) is 0 Å². The zero-order valence-electron chi connectivity index (χ0n) is 12.7. The fraction of sp³-hybridized carbons (Fsp3) is 0.562. The van der Waals surface area contributed by atoms with Crippen molar-refractivity contribution < 1.29 is 9.53 Å². The van der Waals surface area contributed by atoms with E-state index in [2.05, 4.69) is 19.2 Å². The predicted octanol–water partition coefficient (Wildman–Crippen LogP) is 2.64. The van der Waals surface area contributed by atoms with Gasteiger partial charge in [0.2, 0.25) is 5.91 Å². The minimum absolute atomic E-state index is 0.0344. The number of hydrogen-bond donors (Lipinski definition) is 2. The maximum absolute atomic E-state index is 12.3. The van der Waals surface area contributed by atoms with Crippen molar-refractivity contribution in [3.63, 3.8) is 0 Å². The summed E-state index contributed by atoms with van der Waals surface area (Å²) in [4.78, 5) is 12.3. The third-order valence-corrected chi connectivity index (χ3v) is 3.53. The third-order valence-electron chi connectivity index (χ3n) is 3.53. The van der Waals surface area contributed by atoms with E-state index in [9.17, 15) is 4.79 Å². The van der Waals surface area contributed by atoms with E-state index in [0.717, 1.165) is 30.6 Å². The van der Waals surface area contributed by atoms with Gasteiger partial charge in [-0.05, 0) is 18.9 Å². The van der Waals surface area contributed by atoms with Crippen LogP contribution in [0.15, 0.2) is 24.3 Å². The van der Waals surface area contributed by atoms with Gasteiger partial charge in [0.15, 0.2) is 0 Å². The van der Waals surface area contributed by atoms with Crippen LogP contribution >= 0.6 is 0 Å². The maximum atomic E-state index is 12.3. The highest BCUT2D eigenvalue weighted by atomic mass is 16.5. The number of nitrogens with two attached hydrogens (primary N) is 1. The summed E-state index contributed by atoms with van der Waals surface area (Å²) >= 11 is 0. The Balaban J connectivity index is 2.83. The molecular formula is C16H26N2O2. The molecule has 0 saturated heterocycles. The van der Waals surface area contributed by atoms with Crippen molar-refractivity contribution in [1.29, 1.82) is 0 Å². The molecule has 0 fully saturated rings. The molecule has 3 N–H and O–H groups in total. The molecule has 0 aromatic heterocycles. The van der Waals surface area contributed by atoms with Crippen molar-refractivity contribution in [3.8, 4) is 5.75 Å². The molecule has 0 radical (unpaired) electrons. The number of carbonyl (C=O) groups is 1. The monoisotopic (exact) mass is 278 g/mol. The summed E-state index contributed by atoms with van der Waals surface area (Å²) in [7, 11) is 1.65. The molecule has 4 nitrogen and oxygen atoms in total. The molecule has 0 aliphatic rings. The molecule has 1 aromatic carbocycles. The number of rotatable bonds is 8. The van der Waals surface area contributed by atoms with Gasteiger partial charge in [-0.25, -0.2) is 0 Å². The largest absolute Gasteiger partial charge is 0.496 e. The first kappa shape index (κ1) is 16.5. The van der Waals surface area contributed by atoms with Gasteiger partial charge in [0, 0.05) is 12.1 Å². The number of benzene rings is 1. The molecule has 0 aliphatic heterocycles. The quantitative estimate of drug-likeness (QED) is 0.768. The highest BCUT2D eigenvalue weighted by Crippen LogP contribution is 2.27. The van der Waals surface area contributed by atoms with Crippen molar-refractivity contribution in [3.05, 3.63) is 29.8 Å². The average molecular weight is 278 g/mol. The second kappa shape index (κ2) is 8.59. The van der Waals surface area contributed by atoms with Gasteiger partial charge in [-0.1, -0.05) is 38.5 Å². The molecule has 2 unspecified atom stereocenters. The van der Waals surface area contributed by atoms with Crippen LogP contribution in [0.2, 0.25) is 0 Å². The van der Waals surface area contributed by atoms with E-state index in [-0.39, 0.29) is 17.9 Å². The lowest BCUT2D eigenvalue weighted by atomic mass is 9.99. The Morgan fingerprint density at radius 2 is 2.05 bits per heavy atom. The summed E-state index contributed by atoms with van der Waals surface area (Å²) in [6.45, 7) is 4.50. The summed E-state index contributed by atoms with van der Waals surface area (Å²) < 4.78 is 5.37. The highest BCUT2D eigenvalue weighted by Gasteiger charge is 2.21. The predicted molar refractivity (Wildman–Crippen MR) is 81.6 cm³/mol. The second-order valence-corrected chi connectivity index (χ2v) is 4.93. The summed E-state index contributed by atoms with van der Waals surface area (Å²) in [6, 6.07) is 7.75. The number of carbonyl (C=O) groups excluding carboxylic acids is 1. The molecule has 1 aromatic rings. The van der Waals surface area contributed by atoms with E-state index in [1.54, 1.807) is 7.11 Å². The fourth-order valence-electron chi connectivity index (χ4n) is 2.35. The number of para-hydroxylation sites is 1. The Kier molecular flexibility index (Phi) is 7.09. The lowest BCUT2D eigenvalue weighted by molar-refractivity contribution is -0.125. The van der Waals surface area contributed by atoms with Crippen LogP contribution in [-0.2, 0) is 4.79 Å². The Morgan fingerprint density at radius 1 is 1.35 bits per heavy atom. The van der Waals surface area contributed by atoms with E-state index in [4.69, 9.17) is 10.5 Å². The lowest BCUT2D eigenvalue weighted by Crippen LogP contribution is -2.37. The summed E-state index contributed by atoms with van der Waals surface area (Å²) in [5.41, 5.74) is 6.70. The molecule has 0 saturated carbocycles. The molecule has 0 spiro atoms. The van der Waals surface area contributed by atoms with Gasteiger partial charge >= 0.3 is 0 Å². The second-order valence-electron chi connectivity index (χ2n) is 4.93. The van der Waals surface area contributed by atoms with Crippen LogP contribution in [0.3, 0.4) is 0 Å². The molecule has 20 heavy (non-hydrogen) atoms.